The van der Waals surface area contributed by atoms with Crippen molar-refractivity contribution in [2.75, 3.05) is 27.7 Å². The molecule has 0 amide bonds. The summed E-state index contributed by atoms with van der Waals surface area (Å²) < 4.78 is 0. The van der Waals surface area contributed by atoms with E-state index < -0.39 is 0 Å². The molecule has 3 nitrogen and oxygen atoms in total. The Balaban J connectivity index is 1.95. The molecular weight excluding hydrogens is 224 g/mol. The van der Waals surface area contributed by atoms with Crippen LogP contribution in [0.1, 0.15) is 51.4 Å². The molecule has 2 atom stereocenters. The molecule has 0 aromatic heterocycles. The van der Waals surface area contributed by atoms with Crippen LogP contribution in [-0.4, -0.2) is 60.3 Å². The summed E-state index contributed by atoms with van der Waals surface area (Å²) in [5.41, 5.74) is 0.376. The molecule has 2 fully saturated rings. The summed E-state index contributed by atoms with van der Waals surface area (Å²) in [6.07, 6.45) is 9.80. The van der Waals surface area contributed by atoms with Crippen LogP contribution in [-0.2, 0) is 0 Å². The van der Waals surface area contributed by atoms with Gasteiger partial charge in [0.15, 0.2) is 0 Å². The summed E-state index contributed by atoms with van der Waals surface area (Å²) in [5.74, 6) is 0. The highest BCUT2D eigenvalue weighted by Gasteiger charge is 2.41. The number of hydrogen-bond acceptors (Lipinski definition) is 3. The number of rotatable bonds is 4. The first-order chi connectivity index (χ1) is 8.55. The Morgan fingerprint density at radius 1 is 1.00 bits per heavy atom. The largest absolute Gasteiger partial charge is 0.391 e. The lowest BCUT2D eigenvalue weighted by Crippen LogP contribution is -2.59. The SMILES string of the molecule is CN(CC1(N(C)C)CCC1)C1CCCCCC1O. The minimum atomic E-state index is -0.114. The molecule has 0 saturated heterocycles. The van der Waals surface area contributed by atoms with Crippen molar-refractivity contribution in [1.29, 1.82) is 0 Å². The first-order valence-corrected chi connectivity index (χ1v) is 7.61. The van der Waals surface area contributed by atoms with Gasteiger partial charge in [-0.25, -0.2) is 0 Å². The molecule has 0 spiro atoms. The molecule has 2 aliphatic carbocycles. The van der Waals surface area contributed by atoms with Gasteiger partial charge < -0.3 is 10.0 Å². The minimum Gasteiger partial charge on any atom is -0.391 e. The highest BCUT2D eigenvalue weighted by atomic mass is 16.3. The van der Waals surface area contributed by atoms with Crippen LogP contribution in [0, 0.1) is 0 Å². The maximum atomic E-state index is 10.3. The van der Waals surface area contributed by atoms with E-state index in [0.29, 0.717) is 11.6 Å². The van der Waals surface area contributed by atoms with Crippen LogP contribution in [0.5, 0.6) is 0 Å². The van der Waals surface area contributed by atoms with Gasteiger partial charge >= 0.3 is 0 Å². The number of likely N-dealkylation sites (N-methyl/N-ethyl adjacent to an activating group) is 2. The fourth-order valence-corrected chi connectivity index (χ4v) is 3.70. The van der Waals surface area contributed by atoms with E-state index in [9.17, 15) is 5.11 Å². The zero-order valence-corrected chi connectivity index (χ0v) is 12.4. The second-order valence-corrected chi connectivity index (χ2v) is 6.66. The zero-order valence-electron chi connectivity index (χ0n) is 12.4. The van der Waals surface area contributed by atoms with Gasteiger partial charge in [-0.1, -0.05) is 19.3 Å². The van der Waals surface area contributed by atoms with E-state index in [2.05, 4.69) is 30.9 Å². The van der Waals surface area contributed by atoms with Crippen LogP contribution < -0.4 is 0 Å². The third-order valence-corrected chi connectivity index (χ3v) is 5.29. The van der Waals surface area contributed by atoms with E-state index in [0.717, 1.165) is 13.0 Å². The minimum absolute atomic E-state index is 0.114. The van der Waals surface area contributed by atoms with Crippen molar-refractivity contribution >= 4 is 0 Å². The Morgan fingerprint density at radius 3 is 2.22 bits per heavy atom. The van der Waals surface area contributed by atoms with Crippen molar-refractivity contribution in [3.63, 3.8) is 0 Å². The van der Waals surface area contributed by atoms with E-state index in [1.807, 2.05) is 0 Å². The monoisotopic (exact) mass is 254 g/mol. The van der Waals surface area contributed by atoms with Crippen LogP contribution in [0.3, 0.4) is 0 Å². The molecule has 2 saturated carbocycles. The first-order valence-electron chi connectivity index (χ1n) is 7.61. The molecule has 0 radical (unpaired) electrons. The molecule has 1 N–H and O–H groups in total. The summed E-state index contributed by atoms with van der Waals surface area (Å²) in [5, 5.41) is 10.3. The average molecular weight is 254 g/mol. The van der Waals surface area contributed by atoms with Gasteiger partial charge in [-0.15, -0.1) is 0 Å². The fourth-order valence-electron chi connectivity index (χ4n) is 3.70. The molecule has 0 aliphatic heterocycles. The second-order valence-electron chi connectivity index (χ2n) is 6.66. The Morgan fingerprint density at radius 2 is 1.67 bits per heavy atom. The Labute approximate surface area is 112 Å². The van der Waals surface area contributed by atoms with Crippen molar-refractivity contribution in [2.24, 2.45) is 0 Å². The average Bonchev–Trinajstić information content (AvgIpc) is 2.47. The maximum absolute atomic E-state index is 10.3. The summed E-state index contributed by atoms with van der Waals surface area (Å²) in [6, 6.07) is 0.380. The van der Waals surface area contributed by atoms with E-state index in [1.54, 1.807) is 0 Å². The Bertz CT molecular complexity index is 263. The van der Waals surface area contributed by atoms with E-state index in [1.165, 1.54) is 44.9 Å². The maximum Gasteiger partial charge on any atom is 0.0695 e. The Hall–Kier alpha value is -0.120. The lowest BCUT2D eigenvalue weighted by molar-refractivity contribution is -0.0125. The second kappa shape index (κ2) is 5.89. The van der Waals surface area contributed by atoms with Gasteiger partial charge in [-0.2, -0.15) is 0 Å². The predicted molar refractivity (Wildman–Crippen MR) is 75.8 cm³/mol. The van der Waals surface area contributed by atoms with Crippen molar-refractivity contribution in [1.82, 2.24) is 9.80 Å². The molecule has 0 aromatic carbocycles. The highest BCUT2D eigenvalue weighted by molar-refractivity contribution is 4.99. The molecule has 0 heterocycles. The van der Waals surface area contributed by atoms with Gasteiger partial charge in [0.05, 0.1) is 6.10 Å². The molecule has 18 heavy (non-hydrogen) atoms. The molecule has 3 heteroatoms. The van der Waals surface area contributed by atoms with Gasteiger partial charge in [-0.3, -0.25) is 4.90 Å². The number of hydrogen-bond donors (Lipinski definition) is 1. The number of nitrogens with zero attached hydrogens (tertiary/aromatic N) is 2. The lowest BCUT2D eigenvalue weighted by Gasteiger charge is -2.50. The summed E-state index contributed by atoms with van der Waals surface area (Å²) >= 11 is 0. The molecule has 106 valence electrons. The first kappa shape index (κ1) is 14.3. The van der Waals surface area contributed by atoms with Crippen LogP contribution in [0.15, 0.2) is 0 Å². The molecule has 2 unspecified atom stereocenters. The van der Waals surface area contributed by atoms with Gasteiger partial charge in [0, 0.05) is 18.1 Å². The summed E-state index contributed by atoms with van der Waals surface area (Å²) in [6.45, 7) is 1.11. The lowest BCUT2D eigenvalue weighted by atomic mass is 9.75. The topological polar surface area (TPSA) is 26.7 Å². The van der Waals surface area contributed by atoms with Crippen molar-refractivity contribution in [2.45, 2.75) is 69.1 Å². The van der Waals surface area contributed by atoms with Crippen molar-refractivity contribution in [3.8, 4) is 0 Å². The van der Waals surface area contributed by atoms with Gasteiger partial charge in [-0.05, 0) is 53.2 Å². The standard InChI is InChI=1S/C15H30N2O/c1-16(2)15(10-7-11-15)12-17(3)13-8-5-4-6-9-14(13)18/h13-14,18H,4-12H2,1-3H3. The zero-order chi connectivity index (χ0) is 13.2. The van der Waals surface area contributed by atoms with Crippen LogP contribution in [0.2, 0.25) is 0 Å². The number of aliphatic hydroxyl groups is 1. The van der Waals surface area contributed by atoms with E-state index in [4.69, 9.17) is 0 Å². The number of aliphatic hydroxyl groups excluding tert-OH is 1. The predicted octanol–water partition coefficient (Wildman–Crippen LogP) is 2.10. The third-order valence-electron chi connectivity index (χ3n) is 5.29. The van der Waals surface area contributed by atoms with E-state index in [-0.39, 0.29) is 6.10 Å². The molecule has 2 aliphatic rings. The fraction of sp³-hybridized carbons (Fsp3) is 1.00. The highest BCUT2D eigenvalue weighted by Crippen LogP contribution is 2.37. The Kier molecular flexibility index (Phi) is 4.68. The molecule has 2 rings (SSSR count). The summed E-state index contributed by atoms with van der Waals surface area (Å²) in [4.78, 5) is 4.84. The van der Waals surface area contributed by atoms with Crippen molar-refractivity contribution < 1.29 is 5.11 Å². The molecule has 0 aromatic rings. The molecular formula is C15H30N2O. The van der Waals surface area contributed by atoms with Gasteiger partial charge in [0.1, 0.15) is 0 Å². The van der Waals surface area contributed by atoms with Crippen LogP contribution >= 0.6 is 0 Å². The molecule has 0 bridgehead atoms. The normalized spacial score (nSPS) is 32.3. The van der Waals surface area contributed by atoms with Gasteiger partial charge in [0.2, 0.25) is 0 Å². The third kappa shape index (κ3) is 2.89. The van der Waals surface area contributed by atoms with Gasteiger partial charge in [0.25, 0.3) is 0 Å². The summed E-state index contributed by atoms with van der Waals surface area (Å²) in [7, 11) is 6.62. The smallest absolute Gasteiger partial charge is 0.0695 e. The van der Waals surface area contributed by atoms with Crippen LogP contribution in [0.25, 0.3) is 0 Å². The van der Waals surface area contributed by atoms with Crippen molar-refractivity contribution in [3.05, 3.63) is 0 Å². The quantitative estimate of drug-likeness (QED) is 0.778. The van der Waals surface area contributed by atoms with E-state index >= 15 is 0 Å². The van der Waals surface area contributed by atoms with Crippen LogP contribution in [0.4, 0.5) is 0 Å².